The first kappa shape index (κ1) is 18.7. The highest BCUT2D eigenvalue weighted by molar-refractivity contribution is 6.35. The minimum absolute atomic E-state index is 0.152. The summed E-state index contributed by atoms with van der Waals surface area (Å²) in [6, 6.07) is 13.7. The maximum Gasteiger partial charge on any atom is 0.350 e. The standard InChI is InChI=1S/C18H14Cl2N2O3/c1-2-24-18(23)12(10-21)11-22-15-5-3-4-6-17(15)25-16-8-7-13(19)9-14(16)20/h3-9,11,22H,2H2,1H3/b12-11+. The Morgan fingerprint density at radius 3 is 2.68 bits per heavy atom. The molecule has 0 unspecified atom stereocenters. The molecule has 0 aromatic heterocycles. The van der Waals surface area contributed by atoms with Crippen LogP contribution in [-0.4, -0.2) is 12.6 Å². The van der Waals surface area contributed by atoms with E-state index in [4.69, 9.17) is 37.9 Å². The molecule has 0 aliphatic rings. The van der Waals surface area contributed by atoms with Gasteiger partial charge in [-0.2, -0.15) is 5.26 Å². The number of nitrogens with zero attached hydrogens (tertiary/aromatic N) is 1. The zero-order chi connectivity index (χ0) is 18.2. The van der Waals surface area contributed by atoms with Crippen LogP contribution in [0.5, 0.6) is 11.5 Å². The van der Waals surface area contributed by atoms with Crippen LogP contribution in [0, 0.1) is 11.3 Å². The van der Waals surface area contributed by atoms with Crippen molar-refractivity contribution in [2.24, 2.45) is 0 Å². The number of esters is 1. The number of carbonyl (C=O) groups is 1. The van der Waals surface area contributed by atoms with E-state index in [-0.39, 0.29) is 12.2 Å². The first-order valence-corrected chi connectivity index (χ1v) is 8.06. The highest BCUT2D eigenvalue weighted by atomic mass is 35.5. The van der Waals surface area contributed by atoms with Crippen molar-refractivity contribution in [3.8, 4) is 17.6 Å². The molecule has 128 valence electrons. The van der Waals surface area contributed by atoms with Crippen molar-refractivity contribution in [1.29, 1.82) is 5.26 Å². The van der Waals surface area contributed by atoms with E-state index in [0.29, 0.717) is 27.2 Å². The van der Waals surface area contributed by atoms with Crippen molar-refractivity contribution in [2.45, 2.75) is 6.92 Å². The molecule has 0 aliphatic heterocycles. The van der Waals surface area contributed by atoms with Gasteiger partial charge >= 0.3 is 5.97 Å². The Balaban J connectivity index is 2.23. The second-order valence-corrected chi connectivity index (χ2v) is 5.55. The van der Waals surface area contributed by atoms with Gasteiger partial charge in [0.2, 0.25) is 0 Å². The highest BCUT2D eigenvalue weighted by Gasteiger charge is 2.11. The van der Waals surface area contributed by atoms with Gasteiger partial charge in [-0.25, -0.2) is 4.79 Å². The lowest BCUT2D eigenvalue weighted by Crippen LogP contribution is -2.08. The molecule has 7 heteroatoms. The Labute approximate surface area is 155 Å². The number of benzene rings is 2. The normalized spacial score (nSPS) is 10.7. The highest BCUT2D eigenvalue weighted by Crippen LogP contribution is 2.35. The Hall–Kier alpha value is -2.68. The number of hydrogen-bond donors (Lipinski definition) is 1. The Kier molecular flexibility index (Phi) is 6.70. The third-order valence-electron chi connectivity index (χ3n) is 2.99. The summed E-state index contributed by atoms with van der Waals surface area (Å²) < 4.78 is 10.6. The van der Waals surface area contributed by atoms with Crippen molar-refractivity contribution in [2.75, 3.05) is 11.9 Å². The SMILES string of the molecule is CCOC(=O)/C(C#N)=C/Nc1ccccc1Oc1ccc(Cl)cc1Cl. The Morgan fingerprint density at radius 2 is 2.00 bits per heavy atom. The molecule has 0 radical (unpaired) electrons. The van der Waals surface area contributed by atoms with Crippen molar-refractivity contribution in [3.05, 3.63) is 64.3 Å². The van der Waals surface area contributed by atoms with Crippen LogP contribution in [0.4, 0.5) is 5.69 Å². The lowest BCUT2D eigenvalue weighted by molar-refractivity contribution is -0.138. The zero-order valence-electron chi connectivity index (χ0n) is 13.3. The maximum atomic E-state index is 11.6. The molecule has 2 aromatic rings. The molecule has 0 heterocycles. The first-order chi connectivity index (χ1) is 12.0. The number of hydrogen-bond acceptors (Lipinski definition) is 5. The fourth-order valence-electron chi connectivity index (χ4n) is 1.85. The van der Waals surface area contributed by atoms with E-state index in [2.05, 4.69) is 5.32 Å². The van der Waals surface area contributed by atoms with Crippen molar-refractivity contribution >= 4 is 34.9 Å². The second-order valence-electron chi connectivity index (χ2n) is 4.71. The number of ether oxygens (including phenoxy) is 2. The average molecular weight is 377 g/mol. The molecule has 1 N–H and O–H groups in total. The number of anilines is 1. The number of para-hydroxylation sites is 2. The maximum absolute atomic E-state index is 11.6. The minimum atomic E-state index is -0.698. The smallest absolute Gasteiger partial charge is 0.350 e. The lowest BCUT2D eigenvalue weighted by atomic mass is 10.2. The molecular formula is C18H14Cl2N2O3. The van der Waals surface area contributed by atoms with Crippen molar-refractivity contribution < 1.29 is 14.3 Å². The van der Waals surface area contributed by atoms with E-state index in [0.717, 1.165) is 0 Å². The van der Waals surface area contributed by atoms with Gasteiger partial charge in [-0.1, -0.05) is 35.3 Å². The van der Waals surface area contributed by atoms with Gasteiger partial charge in [0.15, 0.2) is 11.3 Å². The molecule has 0 fully saturated rings. The Bertz CT molecular complexity index is 844. The number of nitrogens with one attached hydrogen (secondary N) is 1. The van der Waals surface area contributed by atoms with Crippen LogP contribution in [0.15, 0.2) is 54.2 Å². The number of halogens is 2. The van der Waals surface area contributed by atoms with Crippen LogP contribution < -0.4 is 10.1 Å². The molecule has 0 bridgehead atoms. The molecule has 0 amide bonds. The van der Waals surface area contributed by atoms with E-state index >= 15 is 0 Å². The van der Waals surface area contributed by atoms with Crippen LogP contribution in [0.1, 0.15) is 6.92 Å². The molecule has 0 atom stereocenters. The fraction of sp³-hybridized carbons (Fsp3) is 0.111. The topological polar surface area (TPSA) is 71.4 Å². The summed E-state index contributed by atoms with van der Waals surface area (Å²) in [4.78, 5) is 11.6. The van der Waals surface area contributed by atoms with Gasteiger partial charge in [0, 0.05) is 11.2 Å². The van der Waals surface area contributed by atoms with E-state index in [1.165, 1.54) is 6.20 Å². The van der Waals surface area contributed by atoms with Gasteiger partial charge in [-0.05, 0) is 37.3 Å². The van der Waals surface area contributed by atoms with Crippen molar-refractivity contribution in [1.82, 2.24) is 0 Å². The molecule has 5 nitrogen and oxygen atoms in total. The number of rotatable bonds is 6. The van der Waals surface area contributed by atoms with Crippen LogP contribution >= 0.6 is 23.2 Å². The molecule has 25 heavy (non-hydrogen) atoms. The van der Waals surface area contributed by atoms with E-state index in [1.54, 1.807) is 55.5 Å². The third kappa shape index (κ3) is 5.15. The van der Waals surface area contributed by atoms with E-state index in [1.807, 2.05) is 0 Å². The van der Waals surface area contributed by atoms with Gasteiger partial charge in [0.1, 0.15) is 11.8 Å². The van der Waals surface area contributed by atoms with Gasteiger partial charge in [0.05, 0.1) is 17.3 Å². The largest absolute Gasteiger partial charge is 0.462 e. The Morgan fingerprint density at radius 1 is 1.24 bits per heavy atom. The van der Waals surface area contributed by atoms with Crippen LogP contribution in [0.2, 0.25) is 10.0 Å². The lowest BCUT2D eigenvalue weighted by Gasteiger charge is -2.12. The summed E-state index contributed by atoms with van der Waals surface area (Å²) in [5.41, 5.74) is 0.395. The van der Waals surface area contributed by atoms with E-state index in [9.17, 15) is 4.79 Å². The average Bonchev–Trinajstić information content (AvgIpc) is 2.59. The zero-order valence-corrected chi connectivity index (χ0v) is 14.8. The summed E-state index contributed by atoms with van der Waals surface area (Å²) in [5.74, 6) is 0.191. The van der Waals surface area contributed by atoms with Crippen molar-refractivity contribution in [3.63, 3.8) is 0 Å². The predicted octanol–water partition coefficient (Wildman–Crippen LogP) is 5.17. The second kappa shape index (κ2) is 8.97. The number of carbonyl (C=O) groups excluding carboxylic acids is 1. The predicted molar refractivity (Wildman–Crippen MR) is 96.9 cm³/mol. The molecular weight excluding hydrogens is 363 g/mol. The first-order valence-electron chi connectivity index (χ1n) is 7.31. The number of nitriles is 1. The van der Waals surface area contributed by atoms with Gasteiger partial charge in [-0.3, -0.25) is 0 Å². The van der Waals surface area contributed by atoms with Gasteiger partial charge < -0.3 is 14.8 Å². The summed E-state index contributed by atoms with van der Waals surface area (Å²) in [5, 5.41) is 12.8. The van der Waals surface area contributed by atoms with Gasteiger partial charge in [-0.15, -0.1) is 0 Å². The molecule has 0 aliphatic carbocycles. The molecule has 2 aromatic carbocycles. The molecule has 0 spiro atoms. The quantitative estimate of drug-likeness (QED) is 0.427. The molecule has 2 rings (SSSR count). The third-order valence-corrected chi connectivity index (χ3v) is 3.52. The summed E-state index contributed by atoms with van der Waals surface area (Å²) in [6.07, 6.45) is 1.27. The van der Waals surface area contributed by atoms with Crippen LogP contribution in [0.25, 0.3) is 0 Å². The summed E-state index contributed by atoms with van der Waals surface area (Å²) in [6.45, 7) is 1.85. The molecule has 0 saturated carbocycles. The summed E-state index contributed by atoms with van der Waals surface area (Å²) in [7, 11) is 0. The minimum Gasteiger partial charge on any atom is -0.462 e. The van der Waals surface area contributed by atoms with Crippen LogP contribution in [0.3, 0.4) is 0 Å². The fourth-order valence-corrected chi connectivity index (χ4v) is 2.29. The van der Waals surface area contributed by atoms with E-state index < -0.39 is 5.97 Å². The van der Waals surface area contributed by atoms with Gasteiger partial charge in [0.25, 0.3) is 0 Å². The summed E-state index contributed by atoms with van der Waals surface area (Å²) >= 11 is 12.0. The molecule has 0 saturated heterocycles. The van der Waals surface area contributed by atoms with Crippen LogP contribution in [-0.2, 0) is 9.53 Å². The monoisotopic (exact) mass is 376 g/mol.